The number of aliphatic hydroxyl groups is 1. The van der Waals surface area contributed by atoms with Crippen LogP contribution in [0.15, 0.2) is 25.3 Å². The maximum absolute atomic E-state index is 16.4. The number of nitrogens with two attached hydrogens (primary N) is 2. The number of hydrogen-bond donors (Lipinski definition) is 3. The summed E-state index contributed by atoms with van der Waals surface area (Å²) in [6.45, 7) is -2.82. The number of phosphoric ester groups is 1. The van der Waals surface area contributed by atoms with Crippen LogP contribution < -0.4 is 11.5 Å². The number of hydrogen-bond acceptors (Lipinski definition) is 22. The second-order valence-corrected chi connectivity index (χ2v) is 17.5. The van der Waals surface area contributed by atoms with Crippen molar-refractivity contribution in [1.29, 1.82) is 0 Å². The molecule has 4 aromatic rings. The summed E-state index contributed by atoms with van der Waals surface area (Å²) < 4.78 is 97.7. The number of halogens is 1. The highest BCUT2D eigenvalue weighted by Gasteiger charge is 2.55. The Labute approximate surface area is 302 Å². The normalized spacial score (nSPS) is 33.7. The fraction of sp³-hybridized carbons (Fsp3) is 0.577. The van der Waals surface area contributed by atoms with E-state index in [1.165, 1.54) is 28.1 Å². The molecule has 8 unspecified atom stereocenters. The molecule has 0 aliphatic carbocycles. The van der Waals surface area contributed by atoms with Crippen LogP contribution in [0.5, 0.6) is 0 Å². The Morgan fingerprint density at radius 1 is 0.943 bits per heavy atom. The first-order valence-corrected chi connectivity index (χ1v) is 20.3. The van der Waals surface area contributed by atoms with Crippen LogP contribution in [-0.4, -0.2) is 119 Å². The SMILES string of the molecule is COP1(=O)OCC2OC(n3cnc4c(N)ncnc43)[C@@H](OP(=O)(SCOC(=O)OC(C)C)OCC3OC(n4cnc5c(N)ncnc54)[C@@H](F)C3O1)C2O. The molecule has 288 valence electrons. The van der Waals surface area contributed by atoms with Crippen LogP contribution >= 0.6 is 26.0 Å². The zero-order chi connectivity index (χ0) is 37.7. The van der Waals surface area contributed by atoms with Gasteiger partial charge in [-0.25, -0.2) is 48.2 Å². The van der Waals surface area contributed by atoms with E-state index < -0.39 is 95.2 Å². The number of fused-ring (bicyclic) bond motifs is 5. The van der Waals surface area contributed by atoms with Crippen molar-refractivity contribution in [3.8, 4) is 0 Å². The predicted molar refractivity (Wildman–Crippen MR) is 177 cm³/mol. The van der Waals surface area contributed by atoms with Crippen LogP contribution in [0.2, 0.25) is 0 Å². The van der Waals surface area contributed by atoms with E-state index in [4.69, 9.17) is 53.0 Å². The van der Waals surface area contributed by atoms with E-state index in [-0.39, 0.29) is 34.0 Å². The maximum Gasteiger partial charge on any atom is 0.509 e. The summed E-state index contributed by atoms with van der Waals surface area (Å²) in [5.74, 6) is -0.564. The van der Waals surface area contributed by atoms with Crippen molar-refractivity contribution < 1.29 is 65.0 Å². The predicted octanol–water partition coefficient (Wildman–Crippen LogP) is 2.26. The van der Waals surface area contributed by atoms with Crippen molar-refractivity contribution in [3.63, 3.8) is 0 Å². The topological polar surface area (TPSA) is 294 Å². The third-order valence-corrected chi connectivity index (χ3v) is 12.9. The van der Waals surface area contributed by atoms with Gasteiger partial charge in [0.25, 0.3) is 0 Å². The van der Waals surface area contributed by atoms with E-state index in [1.54, 1.807) is 13.8 Å². The third-order valence-electron chi connectivity index (χ3n) is 8.14. The van der Waals surface area contributed by atoms with E-state index in [0.29, 0.717) is 11.4 Å². The number of carbonyl (C=O) groups excluding carboxylic acids is 1. The molecule has 0 saturated carbocycles. The Balaban J connectivity index is 1.24. The van der Waals surface area contributed by atoms with Gasteiger partial charge in [-0.3, -0.25) is 31.8 Å². The molecule has 3 saturated heterocycles. The molecule has 0 aromatic carbocycles. The van der Waals surface area contributed by atoms with Gasteiger partial charge in [-0.15, -0.1) is 0 Å². The monoisotopic (exact) mass is 806 g/mol. The van der Waals surface area contributed by atoms with Crippen LogP contribution in [0, 0.1) is 0 Å². The minimum absolute atomic E-state index is 0.0214. The minimum Gasteiger partial charge on any atom is -0.432 e. The molecule has 0 spiro atoms. The lowest BCUT2D eigenvalue weighted by Gasteiger charge is -2.28. The molecule has 10 atom stereocenters. The van der Waals surface area contributed by atoms with E-state index in [9.17, 15) is 19.0 Å². The quantitative estimate of drug-likeness (QED) is 0.137. The standard InChI is InChI=1S/C26H33FN10O13P2S/c1-11(2)46-26(39)43-10-53-52(41)45-5-13-18(14(27)24(48-13)36-8-34-15-20(28)30-6-32-22(15)36)49-51(40,42-3)44-4-12-17(38)19(50-52)25(47-12)37-9-35-16-21(29)31-7-33-23(16)37/h6-9,11-14,17-19,24-25,38H,4-5,10H2,1-3H3,(H2,28,30,32)(H2,29,31,33)/t12?,13?,14-,17?,18?,19-,24?,25?,51?,52?/m0/s1. The number of nitrogen functional groups attached to an aromatic ring is 2. The first-order chi connectivity index (χ1) is 25.3. The number of alkyl halides is 1. The van der Waals surface area contributed by atoms with Crippen molar-refractivity contribution in [2.45, 2.75) is 69.1 Å². The van der Waals surface area contributed by atoms with Gasteiger partial charge in [0.1, 0.15) is 54.2 Å². The number of carbonyl (C=O) groups is 1. The lowest BCUT2D eigenvalue weighted by Crippen LogP contribution is -2.35. The summed E-state index contributed by atoms with van der Waals surface area (Å²) >= 11 is 0.401. The van der Waals surface area contributed by atoms with E-state index in [0.717, 1.165) is 13.4 Å². The van der Waals surface area contributed by atoms with Gasteiger partial charge >= 0.3 is 20.8 Å². The molecule has 4 aromatic heterocycles. The van der Waals surface area contributed by atoms with Crippen LogP contribution in [-0.2, 0) is 50.7 Å². The Hall–Kier alpha value is -3.61. The molecule has 27 heteroatoms. The average Bonchev–Trinajstić information content (AvgIpc) is 3.88. The molecule has 23 nitrogen and oxygen atoms in total. The highest BCUT2D eigenvalue weighted by Crippen LogP contribution is 2.64. The molecule has 7 heterocycles. The van der Waals surface area contributed by atoms with Gasteiger partial charge in [-0.2, -0.15) is 0 Å². The summed E-state index contributed by atoms with van der Waals surface area (Å²) in [5.41, 5.74) is 12.5. The van der Waals surface area contributed by atoms with Crippen molar-refractivity contribution in [3.05, 3.63) is 25.3 Å². The zero-order valence-electron chi connectivity index (χ0n) is 27.9. The van der Waals surface area contributed by atoms with Crippen molar-refractivity contribution >= 4 is 66.1 Å². The molecule has 5 N–H and O–H groups in total. The van der Waals surface area contributed by atoms with Crippen molar-refractivity contribution in [2.75, 3.05) is 37.7 Å². The second kappa shape index (κ2) is 14.9. The molecule has 0 radical (unpaired) electrons. The van der Waals surface area contributed by atoms with Crippen LogP contribution in [0.4, 0.5) is 20.8 Å². The summed E-state index contributed by atoms with van der Waals surface area (Å²) in [5, 5.41) is 11.5. The molecular weight excluding hydrogens is 773 g/mol. The molecule has 3 fully saturated rings. The van der Waals surface area contributed by atoms with Gasteiger partial charge in [0.15, 0.2) is 47.5 Å². The van der Waals surface area contributed by atoms with Gasteiger partial charge < -0.3 is 35.5 Å². The molecular formula is C26H33FN10O13P2S. The summed E-state index contributed by atoms with van der Waals surface area (Å²) in [4.78, 5) is 36.6. The van der Waals surface area contributed by atoms with E-state index >= 15 is 4.39 Å². The molecule has 3 aliphatic heterocycles. The van der Waals surface area contributed by atoms with Crippen LogP contribution in [0.25, 0.3) is 22.3 Å². The third kappa shape index (κ3) is 7.43. The number of imidazole rings is 2. The maximum atomic E-state index is 16.4. The lowest BCUT2D eigenvalue weighted by molar-refractivity contribution is -0.0629. The van der Waals surface area contributed by atoms with Crippen molar-refractivity contribution in [1.82, 2.24) is 39.0 Å². The number of nitrogens with zero attached hydrogens (tertiary/aromatic N) is 8. The molecule has 53 heavy (non-hydrogen) atoms. The Bertz CT molecular complexity index is 2080. The molecule has 7 rings (SSSR count). The number of rotatable bonds is 7. The minimum atomic E-state index is -4.66. The van der Waals surface area contributed by atoms with Gasteiger partial charge in [0.05, 0.1) is 32.0 Å². The summed E-state index contributed by atoms with van der Waals surface area (Å²) in [7, 11) is -3.66. The largest absolute Gasteiger partial charge is 0.509 e. The van der Waals surface area contributed by atoms with E-state index in [2.05, 4.69) is 29.9 Å². The Morgan fingerprint density at radius 2 is 1.55 bits per heavy atom. The molecule has 3 aliphatic rings. The highest BCUT2D eigenvalue weighted by molar-refractivity contribution is 8.55. The van der Waals surface area contributed by atoms with Crippen LogP contribution in [0.1, 0.15) is 26.3 Å². The fourth-order valence-corrected chi connectivity index (χ4v) is 9.60. The number of ether oxygens (including phenoxy) is 4. The number of aromatic nitrogens is 8. The first kappa shape index (κ1) is 37.7. The smallest absolute Gasteiger partial charge is 0.432 e. The van der Waals surface area contributed by atoms with E-state index in [1.807, 2.05) is 0 Å². The fourth-order valence-electron chi connectivity index (χ4n) is 5.70. The zero-order valence-corrected chi connectivity index (χ0v) is 30.5. The Morgan fingerprint density at radius 3 is 2.17 bits per heavy atom. The van der Waals surface area contributed by atoms with Gasteiger partial charge in [0, 0.05) is 18.5 Å². The first-order valence-electron chi connectivity index (χ1n) is 15.7. The highest BCUT2D eigenvalue weighted by atomic mass is 32.7. The van der Waals surface area contributed by atoms with Gasteiger partial charge in [0.2, 0.25) is 0 Å². The number of anilines is 2. The number of phosphoric acid groups is 1. The molecule has 0 amide bonds. The van der Waals surface area contributed by atoms with Gasteiger partial charge in [-0.1, -0.05) is 0 Å². The van der Waals surface area contributed by atoms with Gasteiger partial charge in [-0.05, 0) is 13.8 Å². The summed E-state index contributed by atoms with van der Waals surface area (Å²) in [6.07, 6.45) is -9.58. The average molecular weight is 807 g/mol. The Kier molecular flexibility index (Phi) is 10.6. The van der Waals surface area contributed by atoms with Crippen molar-refractivity contribution in [2.24, 2.45) is 0 Å². The number of aliphatic hydroxyl groups excluding tert-OH is 1. The summed E-state index contributed by atoms with van der Waals surface area (Å²) in [6, 6.07) is 0. The second-order valence-electron chi connectivity index (χ2n) is 11.8. The van der Waals surface area contributed by atoms with Crippen LogP contribution in [0.3, 0.4) is 0 Å². The lowest BCUT2D eigenvalue weighted by atomic mass is 10.1. The molecule has 2 bridgehead atoms.